The largest absolute Gasteiger partial charge is 0.346 e. The fourth-order valence-electron chi connectivity index (χ4n) is 3.15. The van der Waals surface area contributed by atoms with Crippen LogP contribution in [-0.4, -0.2) is 37.0 Å². The van der Waals surface area contributed by atoms with Gasteiger partial charge in [0.1, 0.15) is 18.2 Å². The number of piperidine rings is 1. The fraction of sp³-hybridized carbons (Fsp3) is 0.667. The Kier molecular flexibility index (Phi) is 4.42. The summed E-state index contributed by atoms with van der Waals surface area (Å²) in [5.41, 5.74) is -0.0336. The standard InChI is InChI=1S/C15H24N6O/c1-3-19-9-8-17-13(19)11-21-15(22)20(4-2)14(18-21)12-6-5-7-16-10-12/h8-9,12,16H,3-7,10-11H2,1-2H3. The van der Waals surface area contributed by atoms with Crippen LogP contribution in [0.2, 0.25) is 0 Å². The monoisotopic (exact) mass is 304 g/mol. The van der Waals surface area contributed by atoms with E-state index in [9.17, 15) is 4.79 Å². The molecule has 0 amide bonds. The Morgan fingerprint density at radius 2 is 2.23 bits per heavy atom. The van der Waals surface area contributed by atoms with Gasteiger partial charge in [-0.1, -0.05) is 0 Å². The molecule has 0 bridgehead atoms. The van der Waals surface area contributed by atoms with Crippen molar-refractivity contribution in [2.45, 2.75) is 52.2 Å². The molecule has 0 radical (unpaired) electrons. The summed E-state index contributed by atoms with van der Waals surface area (Å²) in [5, 5.41) is 8.02. The van der Waals surface area contributed by atoms with Crippen LogP contribution in [0.4, 0.5) is 0 Å². The minimum absolute atomic E-state index is 0.0336. The number of hydrogen-bond acceptors (Lipinski definition) is 4. The molecule has 22 heavy (non-hydrogen) atoms. The lowest BCUT2D eigenvalue weighted by atomic mass is 9.99. The zero-order valence-electron chi connectivity index (χ0n) is 13.3. The topological polar surface area (TPSA) is 69.7 Å². The average molecular weight is 304 g/mol. The van der Waals surface area contributed by atoms with Crippen molar-refractivity contribution in [3.8, 4) is 0 Å². The highest BCUT2D eigenvalue weighted by atomic mass is 16.2. The molecule has 1 N–H and O–H groups in total. The summed E-state index contributed by atoms with van der Waals surface area (Å²) in [6.07, 6.45) is 5.93. The molecule has 1 saturated heterocycles. The number of aromatic nitrogens is 5. The van der Waals surface area contributed by atoms with E-state index in [1.54, 1.807) is 15.4 Å². The second-order valence-electron chi connectivity index (χ2n) is 5.72. The molecule has 3 rings (SSSR count). The summed E-state index contributed by atoms with van der Waals surface area (Å²) in [5.74, 6) is 2.11. The first kappa shape index (κ1) is 15.0. The van der Waals surface area contributed by atoms with E-state index in [2.05, 4.69) is 22.3 Å². The van der Waals surface area contributed by atoms with Crippen molar-refractivity contribution < 1.29 is 0 Å². The maximum Gasteiger partial charge on any atom is 0.346 e. The van der Waals surface area contributed by atoms with Crippen LogP contribution < -0.4 is 11.0 Å². The third-order valence-corrected chi connectivity index (χ3v) is 4.36. The van der Waals surface area contributed by atoms with Crippen molar-refractivity contribution in [1.29, 1.82) is 0 Å². The molecule has 1 fully saturated rings. The van der Waals surface area contributed by atoms with Gasteiger partial charge < -0.3 is 9.88 Å². The molecule has 1 aliphatic rings. The SMILES string of the molecule is CCn1ccnc1Cn1nc(C2CCCNC2)n(CC)c1=O. The Hall–Kier alpha value is -1.89. The van der Waals surface area contributed by atoms with E-state index in [0.717, 1.165) is 44.1 Å². The highest BCUT2D eigenvalue weighted by Crippen LogP contribution is 2.20. The minimum atomic E-state index is -0.0336. The third kappa shape index (κ3) is 2.72. The number of imidazole rings is 1. The maximum atomic E-state index is 12.6. The first-order valence-electron chi connectivity index (χ1n) is 8.12. The van der Waals surface area contributed by atoms with E-state index in [-0.39, 0.29) is 5.69 Å². The van der Waals surface area contributed by atoms with Crippen LogP contribution in [0.3, 0.4) is 0 Å². The molecule has 3 heterocycles. The summed E-state index contributed by atoms with van der Waals surface area (Å²) in [6.45, 7) is 7.96. The van der Waals surface area contributed by atoms with Crippen LogP contribution in [0.25, 0.3) is 0 Å². The lowest BCUT2D eigenvalue weighted by molar-refractivity contribution is 0.431. The lowest BCUT2D eigenvalue weighted by Crippen LogP contribution is -2.31. The molecular formula is C15H24N6O. The molecule has 2 aromatic heterocycles. The quantitative estimate of drug-likeness (QED) is 0.887. The van der Waals surface area contributed by atoms with Gasteiger partial charge in [0.25, 0.3) is 0 Å². The van der Waals surface area contributed by atoms with E-state index in [1.165, 1.54) is 0 Å². The lowest BCUT2D eigenvalue weighted by Gasteiger charge is -2.21. The van der Waals surface area contributed by atoms with Crippen molar-refractivity contribution in [2.75, 3.05) is 13.1 Å². The van der Waals surface area contributed by atoms with Gasteiger partial charge in [0.05, 0.1) is 0 Å². The van der Waals surface area contributed by atoms with Gasteiger partial charge in [-0.25, -0.2) is 14.5 Å². The number of rotatable bonds is 5. The molecule has 1 unspecified atom stereocenters. The molecular weight excluding hydrogens is 280 g/mol. The van der Waals surface area contributed by atoms with Crippen LogP contribution in [0.15, 0.2) is 17.2 Å². The van der Waals surface area contributed by atoms with Crippen molar-refractivity contribution >= 4 is 0 Å². The van der Waals surface area contributed by atoms with Gasteiger partial charge in [-0.15, -0.1) is 0 Å². The summed E-state index contributed by atoms with van der Waals surface area (Å²) < 4.78 is 5.40. The van der Waals surface area contributed by atoms with Crippen LogP contribution in [0.1, 0.15) is 44.3 Å². The molecule has 1 aliphatic heterocycles. The predicted molar refractivity (Wildman–Crippen MR) is 84.0 cm³/mol. The molecule has 7 nitrogen and oxygen atoms in total. The van der Waals surface area contributed by atoms with E-state index >= 15 is 0 Å². The molecule has 0 saturated carbocycles. The smallest absolute Gasteiger partial charge is 0.334 e. The Morgan fingerprint density at radius 1 is 1.36 bits per heavy atom. The third-order valence-electron chi connectivity index (χ3n) is 4.36. The first-order valence-corrected chi connectivity index (χ1v) is 8.12. The Labute approximate surface area is 130 Å². The van der Waals surface area contributed by atoms with Crippen LogP contribution >= 0.6 is 0 Å². The van der Waals surface area contributed by atoms with Gasteiger partial charge in [-0.05, 0) is 33.2 Å². The molecule has 1 atom stereocenters. The second-order valence-corrected chi connectivity index (χ2v) is 5.72. The molecule has 120 valence electrons. The Morgan fingerprint density at radius 3 is 2.91 bits per heavy atom. The number of hydrogen-bond donors (Lipinski definition) is 1. The van der Waals surface area contributed by atoms with Crippen molar-refractivity contribution in [3.63, 3.8) is 0 Å². The van der Waals surface area contributed by atoms with Gasteiger partial charge in [0, 0.05) is 37.9 Å². The number of nitrogens with one attached hydrogen (secondary N) is 1. The van der Waals surface area contributed by atoms with Crippen LogP contribution in [0.5, 0.6) is 0 Å². The van der Waals surface area contributed by atoms with Gasteiger partial charge >= 0.3 is 5.69 Å². The van der Waals surface area contributed by atoms with Crippen LogP contribution in [-0.2, 0) is 19.6 Å². The molecule has 0 spiro atoms. The fourth-order valence-corrected chi connectivity index (χ4v) is 3.15. The van der Waals surface area contributed by atoms with Crippen molar-refractivity contribution in [2.24, 2.45) is 0 Å². The van der Waals surface area contributed by atoms with E-state index in [0.29, 0.717) is 19.0 Å². The van der Waals surface area contributed by atoms with Gasteiger partial charge in [0.15, 0.2) is 0 Å². The van der Waals surface area contributed by atoms with E-state index in [1.807, 2.05) is 17.7 Å². The number of aryl methyl sites for hydroxylation is 1. The van der Waals surface area contributed by atoms with Crippen molar-refractivity contribution in [1.82, 2.24) is 29.2 Å². The zero-order valence-corrected chi connectivity index (χ0v) is 13.3. The van der Waals surface area contributed by atoms with E-state index in [4.69, 9.17) is 0 Å². The first-order chi connectivity index (χ1) is 10.7. The predicted octanol–water partition coefficient (Wildman–Crippen LogP) is 0.796. The highest BCUT2D eigenvalue weighted by molar-refractivity contribution is 5.02. The average Bonchev–Trinajstić information content (AvgIpc) is 3.13. The van der Waals surface area contributed by atoms with Gasteiger partial charge in [0.2, 0.25) is 0 Å². The zero-order chi connectivity index (χ0) is 15.5. The second kappa shape index (κ2) is 6.48. The maximum absolute atomic E-state index is 12.6. The molecule has 0 aromatic carbocycles. The summed E-state index contributed by atoms with van der Waals surface area (Å²) in [4.78, 5) is 16.9. The molecule has 2 aromatic rings. The normalized spacial score (nSPS) is 18.7. The highest BCUT2D eigenvalue weighted by Gasteiger charge is 2.23. The summed E-state index contributed by atoms with van der Waals surface area (Å²) in [6, 6.07) is 0. The molecule has 7 heteroatoms. The minimum Gasteiger partial charge on any atom is -0.334 e. The van der Waals surface area contributed by atoms with Gasteiger partial charge in [-0.3, -0.25) is 4.57 Å². The van der Waals surface area contributed by atoms with Crippen LogP contribution in [0, 0.1) is 0 Å². The summed E-state index contributed by atoms with van der Waals surface area (Å²) in [7, 11) is 0. The molecule has 0 aliphatic carbocycles. The number of nitrogens with zero attached hydrogens (tertiary/aromatic N) is 5. The Bertz CT molecular complexity index is 677. The van der Waals surface area contributed by atoms with E-state index < -0.39 is 0 Å². The van der Waals surface area contributed by atoms with Crippen molar-refractivity contribution in [3.05, 3.63) is 34.5 Å². The Balaban J connectivity index is 1.92. The van der Waals surface area contributed by atoms with Gasteiger partial charge in [-0.2, -0.15) is 5.10 Å². The summed E-state index contributed by atoms with van der Waals surface area (Å²) >= 11 is 0.